The van der Waals surface area contributed by atoms with Gasteiger partial charge in [0, 0.05) is 12.1 Å². The Morgan fingerprint density at radius 1 is 0.913 bits per heavy atom. The number of hydrogen-bond donors (Lipinski definition) is 1. The minimum absolute atomic E-state index is 0.215. The number of nitro benzene ring substituents is 2. The number of rotatable bonds is 3. The van der Waals surface area contributed by atoms with Gasteiger partial charge >= 0.3 is 0 Å². The van der Waals surface area contributed by atoms with E-state index in [1.165, 1.54) is 6.07 Å². The van der Waals surface area contributed by atoms with Crippen LogP contribution in [0.25, 0.3) is 22.3 Å². The molecule has 0 amide bonds. The van der Waals surface area contributed by atoms with Gasteiger partial charge < -0.3 is 4.98 Å². The molecule has 0 aliphatic rings. The Hall–Kier alpha value is -3.62. The maximum absolute atomic E-state index is 12.1. The van der Waals surface area contributed by atoms with Gasteiger partial charge in [0.2, 0.25) is 0 Å². The summed E-state index contributed by atoms with van der Waals surface area (Å²) < 4.78 is 0. The van der Waals surface area contributed by atoms with E-state index in [4.69, 9.17) is 0 Å². The van der Waals surface area contributed by atoms with Crippen LogP contribution in [0.15, 0.2) is 47.3 Å². The predicted molar refractivity (Wildman–Crippen MR) is 81.1 cm³/mol. The van der Waals surface area contributed by atoms with Crippen molar-refractivity contribution in [2.24, 2.45) is 0 Å². The highest BCUT2D eigenvalue weighted by Crippen LogP contribution is 2.35. The molecule has 0 radical (unpaired) electrons. The second-order valence-corrected chi connectivity index (χ2v) is 4.62. The van der Waals surface area contributed by atoms with Crippen molar-refractivity contribution in [3.63, 3.8) is 0 Å². The fourth-order valence-electron chi connectivity index (χ4n) is 2.28. The van der Waals surface area contributed by atoms with Crippen molar-refractivity contribution in [1.82, 2.24) is 9.97 Å². The molecule has 2 aromatic carbocycles. The summed E-state index contributed by atoms with van der Waals surface area (Å²) in [5.41, 5.74) is -1.57. The quantitative estimate of drug-likeness (QED) is 0.583. The van der Waals surface area contributed by atoms with E-state index in [0.29, 0.717) is 5.52 Å². The predicted octanol–water partition coefficient (Wildman–Crippen LogP) is 2.41. The molecule has 23 heavy (non-hydrogen) atoms. The van der Waals surface area contributed by atoms with Gasteiger partial charge in [-0.3, -0.25) is 25.0 Å². The molecule has 9 heteroatoms. The van der Waals surface area contributed by atoms with E-state index in [2.05, 4.69) is 9.97 Å². The molecule has 3 rings (SSSR count). The van der Waals surface area contributed by atoms with Crippen LogP contribution in [-0.2, 0) is 0 Å². The summed E-state index contributed by atoms with van der Waals surface area (Å²) in [6.45, 7) is 0. The third kappa shape index (κ3) is 2.39. The SMILES string of the molecule is O=c1[nH]c(-c2c([N+](=O)[O-])cccc2[N+](=O)[O-])nc2ccccc12. The molecule has 0 atom stereocenters. The van der Waals surface area contributed by atoms with Crippen molar-refractivity contribution in [3.05, 3.63) is 73.0 Å². The van der Waals surface area contributed by atoms with E-state index in [0.717, 1.165) is 12.1 Å². The van der Waals surface area contributed by atoms with Crippen molar-refractivity contribution in [2.45, 2.75) is 0 Å². The highest BCUT2D eigenvalue weighted by Gasteiger charge is 2.28. The summed E-state index contributed by atoms with van der Waals surface area (Å²) >= 11 is 0. The third-order valence-corrected chi connectivity index (χ3v) is 3.26. The first-order chi connectivity index (χ1) is 11.0. The number of fused-ring (bicyclic) bond motifs is 1. The fourth-order valence-corrected chi connectivity index (χ4v) is 2.28. The summed E-state index contributed by atoms with van der Waals surface area (Å²) in [7, 11) is 0. The summed E-state index contributed by atoms with van der Waals surface area (Å²) in [4.78, 5) is 39.5. The average Bonchev–Trinajstić information content (AvgIpc) is 2.54. The molecule has 0 unspecified atom stereocenters. The number of hydrogen-bond acceptors (Lipinski definition) is 6. The Morgan fingerprint density at radius 2 is 1.52 bits per heavy atom. The van der Waals surface area contributed by atoms with E-state index in [9.17, 15) is 25.0 Å². The van der Waals surface area contributed by atoms with Gasteiger partial charge in [0.25, 0.3) is 16.9 Å². The Balaban J connectivity index is 2.40. The minimum atomic E-state index is -0.752. The van der Waals surface area contributed by atoms with Crippen LogP contribution in [0.2, 0.25) is 0 Å². The standard InChI is InChI=1S/C14H8N4O5/c19-14-8-4-1-2-5-9(8)15-13(16-14)12-10(17(20)21)6-3-7-11(12)18(22)23/h1-7H,(H,15,16,19). The first kappa shape index (κ1) is 14.3. The number of benzene rings is 2. The lowest BCUT2D eigenvalue weighted by molar-refractivity contribution is -0.392. The lowest BCUT2D eigenvalue weighted by atomic mass is 10.1. The molecule has 1 N–H and O–H groups in total. The topological polar surface area (TPSA) is 132 Å². The lowest BCUT2D eigenvalue weighted by Gasteiger charge is -2.05. The van der Waals surface area contributed by atoms with Gasteiger partial charge in [0.05, 0.1) is 20.7 Å². The number of nitrogens with zero attached hydrogens (tertiary/aromatic N) is 3. The minimum Gasteiger partial charge on any atom is -0.306 e. The number of para-hydroxylation sites is 1. The summed E-state index contributed by atoms with van der Waals surface area (Å²) in [6.07, 6.45) is 0. The zero-order valence-corrected chi connectivity index (χ0v) is 11.4. The van der Waals surface area contributed by atoms with Crippen LogP contribution >= 0.6 is 0 Å². The van der Waals surface area contributed by atoms with Gasteiger partial charge in [-0.05, 0) is 18.2 Å². The zero-order chi connectivity index (χ0) is 16.6. The van der Waals surface area contributed by atoms with Gasteiger partial charge in [-0.2, -0.15) is 0 Å². The molecule has 0 aliphatic heterocycles. The van der Waals surface area contributed by atoms with Crippen LogP contribution in [0.4, 0.5) is 11.4 Å². The summed E-state index contributed by atoms with van der Waals surface area (Å²) in [5.74, 6) is -0.215. The van der Waals surface area contributed by atoms with Crippen molar-refractivity contribution in [2.75, 3.05) is 0 Å². The van der Waals surface area contributed by atoms with Crippen molar-refractivity contribution >= 4 is 22.3 Å². The fraction of sp³-hybridized carbons (Fsp3) is 0. The summed E-state index contributed by atoms with van der Waals surface area (Å²) in [5, 5.41) is 22.7. The van der Waals surface area contributed by atoms with Gasteiger partial charge in [-0.1, -0.05) is 12.1 Å². The molecular formula is C14H8N4O5. The van der Waals surface area contributed by atoms with E-state index < -0.39 is 26.8 Å². The molecule has 3 aromatic rings. The molecule has 114 valence electrons. The van der Waals surface area contributed by atoms with Crippen LogP contribution in [-0.4, -0.2) is 19.8 Å². The van der Waals surface area contributed by atoms with Crippen LogP contribution in [0.5, 0.6) is 0 Å². The first-order valence-electron chi connectivity index (χ1n) is 6.40. The number of nitro groups is 2. The largest absolute Gasteiger partial charge is 0.306 e. The highest BCUT2D eigenvalue weighted by molar-refractivity contribution is 5.83. The normalized spacial score (nSPS) is 10.6. The van der Waals surface area contributed by atoms with Crippen LogP contribution < -0.4 is 5.56 Å². The first-order valence-corrected chi connectivity index (χ1v) is 6.40. The Morgan fingerprint density at radius 3 is 2.13 bits per heavy atom. The van der Waals surface area contributed by atoms with Gasteiger partial charge in [-0.25, -0.2) is 4.98 Å². The number of nitrogens with one attached hydrogen (secondary N) is 1. The number of H-pyrrole nitrogens is 1. The Kier molecular flexibility index (Phi) is 3.30. The van der Waals surface area contributed by atoms with E-state index in [1.54, 1.807) is 24.3 Å². The van der Waals surface area contributed by atoms with Crippen LogP contribution in [0.1, 0.15) is 0 Å². The second kappa shape index (κ2) is 5.30. The molecule has 9 nitrogen and oxygen atoms in total. The molecular weight excluding hydrogens is 304 g/mol. The van der Waals surface area contributed by atoms with E-state index >= 15 is 0 Å². The highest BCUT2D eigenvalue weighted by atomic mass is 16.6. The van der Waals surface area contributed by atoms with E-state index in [1.807, 2.05) is 0 Å². The van der Waals surface area contributed by atoms with Crippen LogP contribution in [0, 0.1) is 20.2 Å². The van der Waals surface area contributed by atoms with E-state index in [-0.39, 0.29) is 16.8 Å². The smallest absolute Gasteiger partial charge is 0.287 e. The lowest BCUT2D eigenvalue weighted by Crippen LogP contribution is -2.11. The molecule has 0 fully saturated rings. The van der Waals surface area contributed by atoms with Gasteiger partial charge in [0.1, 0.15) is 0 Å². The monoisotopic (exact) mass is 312 g/mol. The van der Waals surface area contributed by atoms with Gasteiger partial charge in [-0.15, -0.1) is 0 Å². The maximum atomic E-state index is 12.1. The maximum Gasteiger partial charge on any atom is 0.287 e. The number of aromatic nitrogens is 2. The molecule has 1 heterocycles. The molecule has 0 aliphatic carbocycles. The second-order valence-electron chi connectivity index (χ2n) is 4.62. The van der Waals surface area contributed by atoms with Crippen molar-refractivity contribution in [3.8, 4) is 11.4 Å². The third-order valence-electron chi connectivity index (χ3n) is 3.26. The molecule has 1 aromatic heterocycles. The molecule has 0 saturated carbocycles. The van der Waals surface area contributed by atoms with Crippen molar-refractivity contribution in [1.29, 1.82) is 0 Å². The average molecular weight is 312 g/mol. The number of aromatic amines is 1. The van der Waals surface area contributed by atoms with Crippen molar-refractivity contribution < 1.29 is 9.85 Å². The van der Waals surface area contributed by atoms with Gasteiger partial charge in [0.15, 0.2) is 11.4 Å². The Labute approximate surface area is 127 Å². The van der Waals surface area contributed by atoms with Crippen LogP contribution in [0.3, 0.4) is 0 Å². The molecule has 0 bridgehead atoms. The zero-order valence-electron chi connectivity index (χ0n) is 11.4. The molecule has 0 spiro atoms. The summed E-state index contributed by atoms with van der Waals surface area (Å²) in [6, 6.07) is 9.83. The Bertz CT molecular complexity index is 979. The molecule has 0 saturated heterocycles.